The Morgan fingerprint density at radius 2 is 1.86 bits per heavy atom. The van der Waals surface area contributed by atoms with Gasteiger partial charge in [0.15, 0.2) is 0 Å². The number of benzene rings is 1. The van der Waals surface area contributed by atoms with E-state index in [0.717, 1.165) is 25.3 Å². The van der Waals surface area contributed by atoms with Crippen LogP contribution in [0.5, 0.6) is 5.75 Å². The highest BCUT2D eigenvalue weighted by Crippen LogP contribution is 2.17. The maximum atomic E-state index is 12.1. The molecule has 0 bridgehead atoms. The molecule has 7 heteroatoms. The number of hydrogen-bond donors (Lipinski definition) is 2. The van der Waals surface area contributed by atoms with Gasteiger partial charge in [-0.25, -0.2) is 0 Å². The van der Waals surface area contributed by atoms with E-state index in [9.17, 15) is 8.42 Å². The summed E-state index contributed by atoms with van der Waals surface area (Å²) in [6, 6.07) is 6.86. The fraction of sp³-hybridized carbons (Fsp3) is 0.571. The Morgan fingerprint density at radius 3 is 2.43 bits per heavy atom. The van der Waals surface area contributed by atoms with E-state index in [-0.39, 0.29) is 0 Å². The molecule has 0 aromatic heterocycles. The summed E-state index contributed by atoms with van der Waals surface area (Å²) >= 11 is 0. The van der Waals surface area contributed by atoms with Gasteiger partial charge < -0.3 is 10.1 Å². The third kappa shape index (κ3) is 6.33. The summed E-state index contributed by atoms with van der Waals surface area (Å²) < 4.78 is 33.5. The summed E-state index contributed by atoms with van der Waals surface area (Å²) in [5.41, 5.74) is 0.525. The SMILES string of the molecule is CCNCCCN(C)S(=O)(=O)Nc1ccc(OCC)cc1. The number of nitrogens with zero attached hydrogens (tertiary/aromatic N) is 1. The molecular formula is C14H25N3O3S. The second-order valence-electron chi connectivity index (χ2n) is 4.59. The minimum Gasteiger partial charge on any atom is -0.494 e. The standard InChI is InChI=1S/C14H25N3O3S/c1-4-15-11-6-12-17(3)21(18,19)16-13-7-9-14(10-8-13)20-5-2/h7-10,15-16H,4-6,11-12H2,1-3H3. The van der Waals surface area contributed by atoms with Crippen LogP contribution in [0.1, 0.15) is 20.3 Å². The first-order chi connectivity index (χ1) is 9.99. The molecule has 120 valence electrons. The lowest BCUT2D eigenvalue weighted by atomic mass is 10.3. The summed E-state index contributed by atoms with van der Waals surface area (Å²) in [6.07, 6.45) is 0.772. The lowest BCUT2D eigenvalue weighted by Gasteiger charge is -2.18. The van der Waals surface area contributed by atoms with Gasteiger partial charge >= 0.3 is 10.2 Å². The average molecular weight is 315 g/mol. The van der Waals surface area contributed by atoms with E-state index >= 15 is 0 Å². The van der Waals surface area contributed by atoms with Crippen LogP contribution in [0, 0.1) is 0 Å². The van der Waals surface area contributed by atoms with Gasteiger partial charge in [0, 0.05) is 13.6 Å². The molecule has 6 nitrogen and oxygen atoms in total. The number of rotatable bonds is 10. The Balaban J connectivity index is 2.54. The summed E-state index contributed by atoms with van der Waals surface area (Å²) in [6.45, 7) is 6.67. The Hall–Kier alpha value is -1.31. The van der Waals surface area contributed by atoms with E-state index in [1.54, 1.807) is 31.3 Å². The number of nitrogens with one attached hydrogen (secondary N) is 2. The molecule has 0 spiro atoms. The minimum atomic E-state index is -3.51. The Bertz CT molecular complexity index is 503. The summed E-state index contributed by atoms with van der Waals surface area (Å²) in [5.74, 6) is 0.722. The molecule has 0 aliphatic heterocycles. The lowest BCUT2D eigenvalue weighted by molar-refractivity contribution is 0.340. The molecule has 0 saturated heterocycles. The van der Waals surface area contributed by atoms with Gasteiger partial charge in [-0.3, -0.25) is 4.72 Å². The van der Waals surface area contributed by atoms with Gasteiger partial charge in [-0.2, -0.15) is 12.7 Å². The predicted octanol–water partition coefficient (Wildman–Crippen LogP) is 1.67. The monoisotopic (exact) mass is 315 g/mol. The van der Waals surface area contributed by atoms with E-state index in [4.69, 9.17) is 4.74 Å². The lowest BCUT2D eigenvalue weighted by Crippen LogP contribution is -2.34. The van der Waals surface area contributed by atoms with Gasteiger partial charge in [0.05, 0.1) is 12.3 Å². The first-order valence-corrected chi connectivity index (χ1v) is 8.61. The highest BCUT2D eigenvalue weighted by atomic mass is 32.2. The van der Waals surface area contributed by atoms with Crippen molar-refractivity contribution in [2.24, 2.45) is 0 Å². The van der Waals surface area contributed by atoms with Crippen LogP contribution in [-0.2, 0) is 10.2 Å². The molecule has 0 aliphatic rings. The normalized spacial score (nSPS) is 11.6. The highest BCUT2D eigenvalue weighted by molar-refractivity contribution is 7.90. The van der Waals surface area contributed by atoms with E-state index in [2.05, 4.69) is 10.0 Å². The van der Waals surface area contributed by atoms with E-state index in [0.29, 0.717) is 18.8 Å². The van der Waals surface area contributed by atoms with E-state index in [1.807, 2.05) is 13.8 Å². The summed E-state index contributed by atoms with van der Waals surface area (Å²) in [4.78, 5) is 0. The van der Waals surface area contributed by atoms with Crippen LogP contribution < -0.4 is 14.8 Å². The fourth-order valence-corrected chi connectivity index (χ4v) is 2.70. The molecule has 0 aliphatic carbocycles. The van der Waals surface area contributed by atoms with Crippen molar-refractivity contribution in [3.63, 3.8) is 0 Å². The molecule has 1 aromatic rings. The van der Waals surface area contributed by atoms with Crippen molar-refractivity contribution in [1.82, 2.24) is 9.62 Å². The van der Waals surface area contributed by atoms with Crippen LogP contribution in [0.4, 0.5) is 5.69 Å². The van der Waals surface area contributed by atoms with E-state index in [1.165, 1.54) is 4.31 Å². The average Bonchev–Trinajstić information content (AvgIpc) is 2.45. The van der Waals surface area contributed by atoms with Crippen molar-refractivity contribution in [2.75, 3.05) is 38.0 Å². The molecule has 0 heterocycles. The smallest absolute Gasteiger partial charge is 0.301 e. The Kier molecular flexibility index (Phi) is 7.49. The van der Waals surface area contributed by atoms with Gasteiger partial charge in [-0.05, 0) is 50.7 Å². The summed E-state index contributed by atoms with van der Waals surface area (Å²) in [7, 11) is -1.94. The third-order valence-corrected chi connectivity index (χ3v) is 4.40. The van der Waals surface area contributed by atoms with Crippen molar-refractivity contribution in [2.45, 2.75) is 20.3 Å². The van der Waals surface area contributed by atoms with Crippen LogP contribution in [-0.4, -0.2) is 46.0 Å². The second-order valence-corrected chi connectivity index (χ2v) is 6.37. The van der Waals surface area contributed by atoms with Crippen LogP contribution in [0.15, 0.2) is 24.3 Å². The van der Waals surface area contributed by atoms with Crippen molar-refractivity contribution < 1.29 is 13.2 Å². The van der Waals surface area contributed by atoms with Gasteiger partial charge in [0.2, 0.25) is 0 Å². The fourth-order valence-electron chi connectivity index (χ4n) is 1.74. The molecule has 2 N–H and O–H groups in total. The van der Waals surface area contributed by atoms with Gasteiger partial charge in [-0.15, -0.1) is 0 Å². The molecule has 1 aromatic carbocycles. The van der Waals surface area contributed by atoms with Crippen LogP contribution in [0.25, 0.3) is 0 Å². The van der Waals surface area contributed by atoms with Gasteiger partial charge in [0.25, 0.3) is 0 Å². The largest absolute Gasteiger partial charge is 0.494 e. The first kappa shape index (κ1) is 17.7. The molecule has 0 amide bonds. The summed E-state index contributed by atoms with van der Waals surface area (Å²) in [5, 5.41) is 3.17. The Morgan fingerprint density at radius 1 is 1.19 bits per heavy atom. The van der Waals surface area contributed by atoms with Crippen LogP contribution in [0.3, 0.4) is 0 Å². The van der Waals surface area contributed by atoms with Gasteiger partial charge in [-0.1, -0.05) is 6.92 Å². The molecule has 0 radical (unpaired) electrons. The van der Waals surface area contributed by atoms with Gasteiger partial charge in [0.1, 0.15) is 5.75 Å². The molecule has 0 atom stereocenters. The molecular weight excluding hydrogens is 290 g/mol. The predicted molar refractivity (Wildman–Crippen MR) is 85.9 cm³/mol. The number of anilines is 1. The third-order valence-electron chi connectivity index (χ3n) is 2.90. The van der Waals surface area contributed by atoms with Crippen molar-refractivity contribution in [1.29, 1.82) is 0 Å². The maximum absolute atomic E-state index is 12.1. The first-order valence-electron chi connectivity index (χ1n) is 7.17. The maximum Gasteiger partial charge on any atom is 0.301 e. The number of hydrogen-bond acceptors (Lipinski definition) is 4. The molecule has 0 saturated carbocycles. The minimum absolute atomic E-state index is 0.472. The van der Waals surface area contributed by atoms with E-state index < -0.39 is 10.2 Å². The van der Waals surface area contributed by atoms with Crippen molar-refractivity contribution >= 4 is 15.9 Å². The highest BCUT2D eigenvalue weighted by Gasteiger charge is 2.16. The number of ether oxygens (including phenoxy) is 1. The Labute approximate surface area is 127 Å². The van der Waals surface area contributed by atoms with Crippen molar-refractivity contribution in [3.05, 3.63) is 24.3 Å². The molecule has 21 heavy (non-hydrogen) atoms. The molecule has 0 unspecified atom stereocenters. The molecule has 1 rings (SSSR count). The van der Waals surface area contributed by atoms with Crippen LogP contribution >= 0.6 is 0 Å². The molecule has 0 fully saturated rings. The quantitative estimate of drug-likeness (QED) is 0.644. The topological polar surface area (TPSA) is 70.7 Å². The zero-order chi connectivity index (χ0) is 15.7. The van der Waals surface area contributed by atoms with Crippen molar-refractivity contribution in [3.8, 4) is 5.75 Å². The van der Waals surface area contributed by atoms with Crippen LogP contribution in [0.2, 0.25) is 0 Å². The zero-order valence-corrected chi connectivity index (χ0v) is 13.7. The second kappa shape index (κ2) is 8.86. The zero-order valence-electron chi connectivity index (χ0n) is 12.9.